The standard InChI is InChI=1S/C25H16Br2Cl3F3N4O2/c1-35-21(38)20(36(23(35)39)15-8-6-7-14(13-15)25(31,32)33)34-22(24(28,29)30)37(18-11-4-2-9-16(18)26)19-12-5-3-10-17(19)27/h2-13,22H,1H3/b34-20+. The van der Waals surface area contributed by atoms with Gasteiger partial charge in [0.25, 0.3) is 5.91 Å². The number of hydrogen-bond donors (Lipinski definition) is 0. The number of amidine groups is 1. The fraction of sp³-hybridized carbons (Fsp3) is 0.160. The van der Waals surface area contributed by atoms with Crippen LogP contribution >= 0.6 is 66.7 Å². The molecule has 1 aliphatic heterocycles. The van der Waals surface area contributed by atoms with Crippen molar-refractivity contribution in [3.63, 3.8) is 0 Å². The first-order valence-corrected chi connectivity index (χ1v) is 13.7. The van der Waals surface area contributed by atoms with Crippen molar-refractivity contribution in [3.8, 4) is 0 Å². The van der Waals surface area contributed by atoms with Crippen LogP contribution in [0.3, 0.4) is 0 Å². The molecule has 14 heteroatoms. The van der Waals surface area contributed by atoms with E-state index in [0.29, 0.717) is 20.3 Å². The Bertz CT molecular complexity index is 1420. The lowest BCUT2D eigenvalue weighted by molar-refractivity contribution is -0.137. The molecule has 0 bridgehead atoms. The van der Waals surface area contributed by atoms with Gasteiger partial charge in [-0.15, -0.1) is 0 Å². The molecular formula is C25H16Br2Cl3F3N4O2. The summed E-state index contributed by atoms with van der Waals surface area (Å²) in [6, 6.07) is 17.0. The number of urea groups is 1. The number of anilines is 3. The molecule has 1 saturated heterocycles. The predicted molar refractivity (Wildman–Crippen MR) is 154 cm³/mol. The van der Waals surface area contributed by atoms with Crippen molar-refractivity contribution < 1.29 is 22.8 Å². The zero-order chi connectivity index (χ0) is 28.7. The van der Waals surface area contributed by atoms with Gasteiger partial charge >= 0.3 is 12.2 Å². The highest BCUT2D eigenvalue weighted by atomic mass is 79.9. The number of likely N-dealkylation sites (N-methyl/N-ethyl adjacent to an activating group) is 1. The smallest absolute Gasteiger partial charge is 0.313 e. The van der Waals surface area contributed by atoms with E-state index in [1.807, 2.05) is 0 Å². The van der Waals surface area contributed by atoms with Gasteiger partial charge in [-0.1, -0.05) is 65.1 Å². The highest BCUT2D eigenvalue weighted by molar-refractivity contribution is 9.11. The second-order valence-corrected chi connectivity index (χ2v) is 12.2. The van der Waals surface area contributed by atoms with E-state index in [1.54, 1.807) is 48.5 Å². The minimum absolute atomic E-state index is 0.234. The average Bonchev–Trinajstić information content (AvgIpc) is 3.08. The Balaban J connectivity index is 1.97. The maximum atomic E-state index is 13.4. The van der Waals surface area contributed by atoms with Gasteiger partial charge in [0.1, 0.15) is 0 Å². The minimum Gasteiger partial charge on any atom is -0.313 e. The van der Waals surface area contributed by atoms with Crippen LogP contribution in [-0.4, -0.2) is 39.7 Å². The van der Waals surface area contributed by atoms with Crippen LogP contribution in [0, 0.1) is 0 Å². The Hall–Kier alpha value is -2.31. The van der Waals surface area contributed by atoms with E-state index < -0.39 is 39.5 Å². The second kappa shape index (κ2) is 11.3. The highest BCUT2D eigenvalue weighted by Crippen LogP contribution is 2.45. The molecule has 0 radical (unpaired) electrons. The number of imide groups is 1. The first-order valence-electron chi connectivity index (χ1n) is 10.9. The first kappa shape index (κ1) is 29.7. The normalized spacial score (nSPS) is 16.3. The van der Waals surface area contributed by atoms with Gasteiger partial charge in [0.2, 0.25) is 9.63 Å². The molecule has 1 heterocycles. The molecule has 3 amide bonds. The summed E-state index contributed by atoms with van der Waals surface area (Å²) in [5.74, 6) is -1.42. The van der Waals surface area contributed by atoms with Gasteiger partial charge in [0.15, 0.2) is 6.17 Å². The molecule has 1 fully saturated rings. The Morgan fingerprint density at radius 2 is 1.41 bits per heavy atom. The molecular weight excluding hydrogens is 711 g/mol. The Labute approximate surface area is 253 Å². The van der Waals surface area contributed by atoms with Crippen LogP contribution < -0.4 is 9.80 Å². The summed E-state index contributed by atoms with van der Waals surface area (Å²) in [7, 11) is 1.18. The molecule has 204 valence electrons. The number of halogens is 8. The number of benzene rings is 3. The molecule has 1 atom stereocenters. The van der Waals surface area contributed by atoms with Crippen molar-refractivity contribution in [2.45, 2.75) is 16.1 Å². The van der Waals surface area contributed by atoms with Crippen LogP contribution in [-0.2, 0) is 11.0 Å². The predicted octanol–water partition coefficient (Wildman–Crippen LogP) is 8.56. The van der Waals surface area contributed by atoms with E-state index in [4.69, 9.17) is 34.8 Å². The van der Waals surface area contributed by atoms with Gasteiger partial charge in [0, 0.05) is 16.0 Å². The van der Waals surface area contributed by atoms with Crippen LogP contribution in [0.2, 0.25) is 0 Å². The Kier molecular flexibility index (Phi) is 8.58. The van der Waals surface area contributed by atoms with Crippen molar-refractivity contribution in [2.75, 3.05) is 16.8 Å². The van der Waals surface area contributed by atoms with Gasteiger partial charge in [-0.05, 0) is 74.3 Å². The molecule has 3 aromatic carbocycles. The van der Waals surface area contributed by atoms with Gasteiger partial charge < -0.3 is 4.90 Å². The summed E-state index contributed by atoms with van der Waals surface area (Å²) in [6.07, 6.45) is -6.17. The monoisotopic (exact) mass is 724 g/mol. The summed E-state index contributed by atoms with van der Waals surface area (Å²) >= 11 is 26.3. The lowest BCUT2D eigenvalue weighted by Crippen LogP contribution is -2.43. The maximum absolute atomic E-state index is 13.4. The van der Waals surface area contributed by atoms with Crippen LogP contribution in [0.1, 0.15) is 5.56 Å². The SMILES string of the molecule is CN1C(=O)/C(=N\C(N(c2ccccc2Br)c2ccccc2Br)C(Cl)(Cl)Cl)N(c2cccc(C(F)(F)F)c2)C1=O. The third-order valence-electron chi connectivity index (χ3n) is 5.62. The molecule has 39 heavy (non-hydrogen) atoms. The Morgan fingerprint density at radius 1 is 0.872 bits per heavy atom. The summed E-state index contributed by atoms with van der Waals surface area (Å²) < 4.78 is 39.3. The largest absolute Gasteiger partial charge is 0.416 e. The number of nitrogens with zero attached hydrogens (tertiary/aromatic N) is 4. The highest BCUT2D eigenvalue weighted by Gasteiger charge is 2.46. The number of carbonyl (C=O) groups excluding carboxylic acids is 2. The molecule has 0 aromatic heterocycles. The van der Waals surface area contributed by atoms with Crippen molar-refractivity contribution in [2.24, 2.45) is 4.99 Å². The first-order chi connectivity index (χ1) is 18.2. The molecule has 6 nitrogen and oxygen atoms in total. The minimum atomic E-state index is -4.69. The zero-order valence-corrected chi connectivity index (χ0v) is 25.1. The lowest BCUT2D eigenvalue weighted by Gasteiger charge is -2.36. The van der Waals surface area contributed by atoms with Crippen molar-refractivity contribution >= 4 is 101 Å². The molecule has 3 aromatic rings. The van der Waals surface area contributed by atoms with E-state index >= 15 is 0 Å². The fourth-order valence-corrected chi connectivity index (χ4v) is 5.21. The molecule has 0 saturated carbocycles. The number of aliphatic imine (C=N–C) groups is 1. The summed E-state index contributed by atoms with van der Waals surface area (Å²) in [5, 5.41) is 0. The second-order valence-electron chi connectivity index (χ2n) is 8.17. The number of carbonyl (C=O) groups is 2. The van der Waals surface area contributed by atoms with E-state index in [1.165, 1.54) is 18.0 Å². The number of rotatable bonds is 5. The molecule has 0 aliphatic carbocycles. The molecule has 4 rings (SSSR count). The fourth-order valence-electron chi connectivity index (χ4n) is 3.82. The Morgan fingerprint density at radius 3 is 1.90 bits per heavy atom. The third-order valence-corrected chi connectivity index (χ3v) is 7.55. The van der Waals surface area contributed by atoms with Gasteiger partial charge in [-0.3, -0.25) is 9.69 Å². The van der Waals surface area contributed by atoms with E-state index in [0.717, 1.165) is 28.0 Å². The molecule has 1 aliphatic rings. The summed E-state index contributed by atoms with van der Waals surface area (Å²) in [6.45, 7) is 0. The van der Waals surface area contributed by atoms with E-state index in [2.05, 4.69) is 36.9 Å². The summed E-state index contributed by atoms with van der Waals surface area (Å²) in [5.41, 5.74) is -0.278. The molecule has 0 spiro atoms. The van der Waals surface area contributed by atoms with Crippen molar-refractivity contribution in [3.05, 3.63) is 87.3 Å². The summed E-state index contributed by atoms with van der Waals surface area (Å²) in [4.78, 5) is 33.8. The number of alkyl halides is 6. The van der Waals surface area contributed by atoms with Crippen LogP contribution in [0.4, 0.5) is 35.0 Å². The average molecular weight is 728 g/mol. The van der Waals surface area contributed by atoms with Crippen LogP contribution in [0.25, 0.3) is 0 Å². The zero-order valence-electron chi connectivity index (χ0n) is 19.6. The van der Waals surface area contributed by atoms with Crippen molar-refractivity contribution in [1.29, 1.82) is 0 Å². The molecule has 0 N–H and O–H groups in total. The van der Waals surface area contributed by atoms with E-state index in [-0.39, 0.29) is 5.69 Å². The number of amides is 3. The van der Waals surface area contributed by atoms with E-state index in [9.17, 15) is 22.8 Å². The molecule has 1 unspecified atom stereocenters. The maximum Gasteiger partial charge on any atom is 0.416 e. The topological polar surface area (TPSA) is 56.2 Å². The lowest BCUT2D eigenvalue weighted by atomic mass is 10.2. The van der Waals surface area contributed by atoms with Gasteiger partial charge in [0.05, 0.1) is 22.6 Å². The van der Waals surface area contributed by atoms with Crippen molar-refractivity contribution in [1.82, 2.24) is 4.90 Å². The van der Waals surface area contributed by atoms with Gasteiger partial charge in [-0.25, -0.2) is 14.7 Å². The third kappa shape index (κ3) is 6.07. The number of hydrogen-bond acceptors (Lipinski definition) is 4. The van der Waals surface area contributed by atoms with Crippen LogP contribution in [0.5, 0.6) is 0 Å². The quantitative estimate of drug-likeness (QED) is 0.196. The van der Waals surface area contributed by atoms with Crippen LogP contribution in [0.15, 0.2) is 86.7 Å². The number of para-hydroxylation sites is 2. The van der Waals surface area contributed by atoms with Gasteiger partial charge in [-0.2, -0.15) is 13.2 Å².